The van der Waals surface area contributed by atoms with E-state index in [2.05, 4.69) is 9.97 Å². The molecule has 2 unspecified atom stereocenters. The highest BCUT2D eigenvalue weighted by molar-refractivity contribution is 5.98. The summed E-state index contributed by atoms with van der Waals surface area (Å²) >= 11 is 0. The molecular formula is C28H27N6O2. The number of para-hydroxylation sites is 1. The van der Waals surface area contributed by atoms with Gasteiger partial charge < -0.3 is 15.4 Å². The molecule has 1 saturated heterocycles. The number of carbonyl (C=O) groups excluding carboxylic acids is 1. The second kappa shape index (κ2) is 9.11. The number of likely N-dealkylation sites (tertiary alicyclic amines) is 1. The number of nitrogen functional groups attached to an aromatic ring is 1. The Morgan fingerprint density at radius 1 is 1.03 bits per heavy atom. The van der Waals surface area contributed by atoms with Crippen molar-refractivity contribution in [1.82, 2.24) is 24.6 Å². The maximum Gasteiger partial charge on any atom is 0.226 e. The van der Waals surface area contributed by atoms with Crippen molar-refractivity contribution in [2.24, 2.45) is 11.8 Å². The summed E-state index contributed by atoms with van der Waals surface area (Å²) in [6.07, 6.45) is 5.61. The predicted octanol–water partition coefficient (Wildman–Crippen LogP) is 4.66. The van der Waals surface area contributed by atoms with E-state index >= 15 is 0 Å². The Hall–Kier alpha value is -4.20. The average molecular weight is 480 g/mol. The van der Waals surface area contributed by atoms with Crippen molar-refractivity contribution in [3.8, 4) is 22.8 Å². The molecule has 1 aliphatic carbocycles. The summed E-state index contributed by atoms with van der Waals surface area (Å²) < 4.78 is 7.89. The Morgan fingerprint density at radius 2 is 1.75 bits per heavy atom. The number of anilines is 1. The van der Waals surface area contributed by atoms with Crippen LogP contribution in [-0.4, -0.2) is 43.6 Å². The minimum Gasteiger partial charge on any atom is -0.457 e. The van der Waals surface area contributed by atoms with Crippen LogP contribution < -0.4 is 10.5 Å². The Kier molecular flexibility index (Phi) is 5.64. The number of ether oxygens (including phenoxy) is 1. The highest BCUT2D eigenvalue weighted by atomic mass is 16.5. The van der Waals surface area contributed by atoms with Crippen LogP contribution >= 0.6 is 0 Å². The number of nitrogens with zero attached hydrogens (tertiary/aromatic N) is 5. The highest BCUT2D eigenvalue weighted by Gasteiger charge is 2.43. The SMILES string of the molecule is [CH]=CC1CC1C(=O)N1CCC(n2nc(-c3ccc(Oc4ccccc4)cc3)c3c(N)ncnc32)CC1. The van der Waals surface area contributed by atoms with E-state index in [0.29, 0.717) is 24.6 Å². The van der Waals surface area contributed by atoms with Crippen LogP contribution in [0.15, 0.2) is 67.0 Å². The van der Waals surface area contributed by atoms with E-state index < -0.39 is 0 Å². The molecule has 8 heteroatoms. The van der Waals surface area contributed by atoms with Crippen molar-refractivity contribution in [2.45, 2.75) is 25.3 Å². The van der Waals surface area contributed by atoms with E-state index in [1.807, 2.05) is 64.2 Å². The second-order valence-electron chi connectivity index (χ2n) is 9.45. The molecule has 4 aromatic rings. The van der Waals surface area contributed by atoms with Crippen molar-refractivity contribution in [1.29, 1.82) is 0 Å². The number of rotatable bonds is 6. The summed E-state index contributed by atoms with van der Waals surface area (Å²) in [5.74, 6) is 2.43. The number of carbonyl (C=O) groups is 1. The quantitative estimate of drug-likeness (QED) is 0.432. The van der Waals surface area contributed by atoms with Crippen molar-refractivity contribution in [3.05, 3.63) is 73.6 Å². The third-order valence-corrected chi connectivity index (χ3v) is 7.15. The van der Waals surface area contributed by atoms with Gasteiger partial charge in [-0.3, -0.25) is 4.79 Å². The standard InChI is InChI=1S/C28H27N6O2/c1-2-18-16-23(18)28(35)33-14-12-20(13-15-33)34-27-24(26(29)30-17-31-27)25(32-34)19-8-10-22(11-9-19)36-21-6-4-3-5-7-21/h1-11,17-18,20,23H,12-16H2,(H2,29,30,31). The van der Waals surface area contributed by atoms with Gasteiger partial charge in [0.05, 0.1) is 11.4 Å². The maximum atomic E-state index is 12.7. The van der Waals surface area contributed by atoms with Crippen LogP contribution in [-0.2, 0) is 4.79 Å². The fourth-order valence-electron chi connectivity index (χ4n) is 5.03. The van der Waals surface area contributed by atoms with Gasteiger partial charge in [0.15, 0.2) is 5.65 Å². The van der Waals surface area contributed by atoms with Crippen LogP contribution in [0.3, 0.4) is 0 Å². The molecule has 2 N–H and O–H groups in total. The monoisotopic (exact) mass is 479 g/mol. The van der Waals surface area contributed by atoms with E-state index in [1.54, 1.807) is 6.08 Å². The molecule has 2 aromatic heterocycles. The van der Waals surface area contributed by atoms with Gasteiger partial charge >= 0.3 is 0 Å². The van der Waals surface area contributed by atoms with E-state index in [9.17, 15) is 4.79 Å². The number of nitrogens with two attached hydrogens (primary N) is 1. The van der Waals surface area contributed by atoms with Crippen LogP contribution in [0.1, 0.15) is 25.3 Å². The third-order valence-electron chi connectivity index (χ3n) is 7.15. The van der Waals surface area contributed by atoms with Crippen LogP contribution in [0.25, 0.3) is 22.3 Å². The molecule has 0 bridgehead atoms. The van der Waals surface area contributed by atoms with Gasteiger partial charge in [-0.15, -0.1) is 0 Å². The van der Waals surface area contributed by atoms with E-state index in [0.717, 1.165) is 47.4 Å². The zero-order chi connectivity index (χ0) is 24.6. The molecule has 8 nitrogen and oxygen atoms in total. The molecule has 1 radical (unpaired) electrons. The molecule has 1 aliphatic heterocycles. The Balaban J connectivity index is 1.25. The molecule has 1 saturated carbocycles. The first-order valence-electron chi connectivity index (χ1n) is 12.3. The lowest BCUT2D eigenvalue weighted by molar-refractivity contribution is -0.134. The molecule has 3 heterocycles. The van der Waals surface area contributed by atoms with Crippen molar-refractivity contribution in [2.75, 3.05) is 18.8 Å². The summed E-state index contributed by atoms with van der Waals surface area (Å²) in [6.45, 7) is 7.00. The Labute approximate surface area is 209 Å². The van der Waals surface area contributed by atoms with E-state index in [4.69, 9.17) is 22.1 Å². The number of amides is 1. The van der Waals surface area contributed by atoms with Gasteiger partial charge in [-0.05, 0) is 61.6 Å². The first-order chi connectivity index (χ1) is 17.6. The molecule has 6 rings (SSSR count). The lowest BCUT2D eigenvalue weighted by Crippen LogP contribution is -2.40. The van der Waals surface area contributed by atoms with Gasteiger partial charge in [0.1, 0.15) is 29.3 Å². The molecule has 181 valence electrons. The molecule has 2 aliphatic rings. The minimum absolute atomic E-state index is 0.0602. The Bertz CT molecular complexity index is 1410. The van der Waals surface area contributed by atoms with E-state index in [1.165, 1.54) is 6.33 Å². The van der Waals surface area contributed by atoms with Gasteiger partial charge in [-0.2, -0.15) is 5.10 Å². The van der Waals surface area contributed by atoms with Crippen molar-refractivity contribution in [3.63, 3.8) is 0 Å². The number of allylic oxidation sites excluding steroid dienone is 1. The largest absolute Gasteiger partial charge is 0.457 e. The number of hydrogen-bond donors (Lipinski definition) is 1. The van der Waals surface area contributed by atoms with Gasteiger partial charge in [-0.1, -0.05) is 30.9 Å². The number of piperidine rings is 1. The molecule has 2 atom stereocenters. The smallest absolute Gasteiger partial charge is 0.226 e. The van der Waals surface area contributed by atoms with Crippen molar-refractivity contribution < 1.29 is 9.53 Å². The predicted molar refractivity (Wildman–Crippen MR) is 137 cm³/mol. The summed E-state index contributed by atoms with van der Waals surface area (Å²) in [6, 6.07) is 17.6. The van der Waals surface area contributed by atoms with Crippen LogP contribution in [0.4, 0.5) is 5.82 Å². The first kappa shape index (κ1) is 22.3. The summed E-state index contributed by atoms with van der Waals surface area (Å²) in [5.41, 5.74) is 8.67. The molecule has 2 aromatic carbocycles. The highest BCUT2D eigenvalue weighted by Crippen LogP contribution is 2.42. The first-order valence-corrected chi connectivity index (χ1v) is 12.3. The number of benzene rings is 2. The topological polar surface area (TPSA) is 99.2 Å². The van der Waals surface area contributed by atoms with Gasteiger partial charge in [0.2, 0.25) is 5.91 Å². The third kappa shape index (κ3) is 4.08. The number of hydrogen-bond acceptors (Lipinski definition) is 6. The summed E-state index contributed by atoms with van der Waals surface area (Å²) in [7, 11) is 0. The van der Waals surface area contributed by atoms with Crippen LogP contribution in [0.2, 0.25) is 0 Å². The molecule has 2 fully saturated rings. The zero-order valence-corrected chi connectivity index (χ0v) is 19.8. The number of fused-ring (bicyclic) bond motifs is 1. The zero-order valence-electron chi connectivity index (χ0n) is 19.8. The number of aromatic nitrogens is 4. The van der Waals surface area contributed by atoms with E-state index in [-0.39, 0.29) is 23.8 Å². The second-order valence-corrected chi connectivity index (χ2v) is 9.45. The molecule has 1 amide bonds. The lowest BCUT2D eigenvalue weighted by Gasteiger charge is -2.32. The van der Waals surface area contributed by atoms with Gasteiger partial charge in [-0.25, -0.2) is 14.6 Å². The minimum atomic E-state index is 0.0602. The van der Waals surface area contributed by atoms with Crippen LogP contribution in [0, 0.1) is 18.4 Å². The average Bonchev–Trinajstić information content (AvgIpc) is 3.61. The normalized spacial score (nSPS) is 19.8. The Morgan fingerprint density at radius 3 is 2.44 bits per heavy atom. The summed E-state index contributed by atoms with van der Waals surface area (Å²) in [4.78, 5) is 23.5. The fraction of sp³-hybridized carbons (Fsp3) is 0.286. The molecule has 36 heavy (non-hydrogen) atoms. The fourth-order valence-corrected chi connectivity index (χ4v) is 5.03. The maximum absolute atomic E-state index is 12.7. The molecular weight excluding hydrogens is 452 g/mol. The lowest BCUT2D eigenvalue weighted by atomic mass is 10.0. The van der Waals surface area contributed by atoms with Gasteiger partial charge in [0, 0.05) is 24.6 Å². The summed E-state index contributed by atoms with van der Waals surface area (Å²) in [5, 5.41) is 5.71. The van der Waals surface area contributed by atoms with Gasteiger partial charge in [0.25, 0.3) is 0 Å². The van der Waals surface area contributed by atoms with Crippen LogP contribution in [0.5, 0.6) is 11.5 Å². The van der Waals surface area contributed by atoms with Crippen molar-refractivity contribution >= 4 is 22.8 Å². The molecule has 0 spiro atoms.